The second kappa shape index (κ2) is 2.53. The molecule has 1 heterocycles. The van der Waals surface area contributed by atoms with E-state index in [0.717, 1.165) is 5.82 Å². The lowest BCUT2D eigenvalue weighted by atomic mass is 10.1. The Bertz CT molecular complexity index is 253. The van der Waals surface area contributed by atoms with Crippen molar-refractivity contribution in [2.45, 2.75) is 26.3 Å². The van der Waals surface area contributed by atoms with Gasteiger partial charge in [-0.3, -0.25) is 0 Å². The third-order valence-electron chi connectivity index (χ3n) is 1.57. The van der Waals surface area contributed by atoms with E-state index in [4.69, 9.17) is 0 Å². The fourth-order valence-electron chi connectivity index (χ4n) is 1.03. The van der Waals surface area contributed by atoms with Gasteiger partial charge in [0.15, 0.2) is 0 Å². The van der Waals surface area contributed by atoms with Gasteiger partial charge in [0.1, 0.15) is 5.82 Å². The summed E-state index contributed by atoms with van der Waals surface area (Å²) in [5, 5.41) is 0. The molecule has 60 valence electrons. The molecule has 1 aromatic heterocycles. The molecule has 0 amide bonds. The van der Waals surface area contributed by atoms with E-state index >= 15 is 0 Å². The lowest BCUT2D eigenvalue weighted by molar-refractivity contribution is 0.394. The maximum absolute atomic E-state index is 4.15. The highest BCUT2D eigenvalue weighted by Crippen LogP contribution is 2.15. The standard InChI is InChI=1S/C9H14N2/c1-5-8-10-6-7-11(8)9(2,3)4/h5-7H,1H2,2-4H3. The Morgan fingerprint density at radius 2 is 2.18 bits per heavy atom. The zero-order valence-electron chi connectivity index (χ0n) is 7.33. The molecule has 2 heteroatoms. The van der Waals surface area contributed by atoms with Crippen LogP contribution in [0.3, 0.4) is 0 Å². The van der Waals surface area contributed by atoms with E-state index in [1.54, 1.807) is 12.3 Å². The van der Waals surface area contributed by atoms with Crippen molar-refractivity contribution in [1.82, 2.24) is 9.55 Å². The monoisotopic (exact) mass is 150 g/mol. The molecule has 0 saturated carbocycles. The molecule has 0 bridgehead atoms. The maximum atomic E-state index is 4.15. The zero-order valence-corrected chi connectivity index (χ0v) is 7.33. The largest absolute Gasteiger partial charge is 0.326 e. The summed E-state index contributed by atoms with van der Waals surface area (Å²) in [4.78, 5) is 4.15. The van der Waals surface area contributed by atoms with Crippen LogP contribution in [0.5, 0.6) is 0 Å². The minimum Gasteiger partial charge on any atom is -0.326 e. The average molecular weight is 150 g/mol. The fraction of sp³-hybridized carbons (Fsp3) is 0.444. The third-order valence-corrected chi connectivity index (χ3v) is 1.57. The molecule has 0 N–H and O–H groups in total. The number of nitrogens with zero attached hydrogens (tertiary/aromatic N) is 2. The summed E-state index contributed by atoms with van der Waals surface area (Å²) in [5.74, 6) is 0.928. The number of hydrogen-bond acceptors (Lipinski definition) is 1. The topological polar surface area (TPSA) is 17.8 Å². The summed E-state index contributed by atoms with van der Waals surface area (Å²) in [7, 11) is 0. The second-order valence-electron chi connectivity index (χ2n) is 3.53. The van der Waals surface area contributed by atoms with Crippen LogP contribution in [0.4, 0.5) is 0 Å². The van der Waals surface area contributed by atoms with Gasteiger partial charge in [0, 0.05) is 17.9 Å². The van der Waals surface area contributed by atoms with Crippen LogP contribution in [-0.2, 0) is 5.54 Å². The van der Waals surface area contributed by atoms with Crippen LogP contribution in [0.1, 0.15) is 26.6 Å². The zero-order chi connectivity index (χ0) is 8.48. The first-order valence-corrected chi connectivity index (χ1v) is 3.72. The minimum atomic E-state index is 0.0972. The summed E-state index contributed by atoms with van der Waals surface area (Å²) in [6.45, 7) is 10.1. The molecular weight excluding hydrogens is 136 g/mol. The highest BCUT2D eigenvalue weighted by molar-refractivity contribution is 5.37. The van der Waals surface area contributed by atoms with Gasteiger partial charge in [-0.1, -0.05) is 6.58 Å². The van der Waals surface area contributed by atoms with Gasteiger partial charge in [0.2, 0.25) is 0 Å². The maximum Gasteiger partial charge on any atom is 0.132 e. The summed E-state index contributed by atoms with van der Waals surface area (Å²) in [5.41, 5.74) is 0.0972. The molecule has 0 aliphatic rings. The van der Waals surface area contributed by atoms with Gasteiger partial charge in [0.25, 0.3) is 0 Å². The molecule has 0 atom stereocenters. The van der Waals surface area contributed by atoms with Crippen LogP contribution < -0.4 is 0 Å². The first-order chi connectivity index (χ1) is 5.05. The lowest BCUT2D eigenvalue weighted by Gasteiger charge is -2.22. The summed E-state index contributed by atoms with van der Waals surface area (Å²) >= 11 is 0. The Hall–Kier alpha value is -1.05. The van der Waals surface area contributed by atoms with Crippen molar-refractivity contribution in [3.8, 4) is 0 Å². The van der Waals surface area contributed by atoms with Gasteiger partial charge in [-0.2, -0.15) is 0 Å². The van der Waals surface area contributed by atoms with Crippen molar-refractivity contribution in [2.24, 2.45) is 0 Å². The van der Waals surface area contributed by atoms with E-state index < -0.39 is 0 Å². The minimum absolute atomic E-state index is 0.0972. The van der Waals surface area contributed by atoms with Crippen LogP contribution in [0.2, 0.25) is 0 Å². The molecule has 2 nitrogen and oxygen atoms in total. The Kier molecular flexibility index (Phi) is 1.85. The first kappa shape index (κ1) is 8.05. The normalized spacial score (nSPS) is 11.5. The molecule has 0 aromatic carbocycles. The van der Waals surface area contributed by atoms with Crippen molar-refractivity contribution in [2.75, 3.05) is 0 Å². The van der Waals surface area contributed by atoms with Crippen molar-refractivity contribution in [1.29, 1.82) is 0 Å². The predicted octanol–water partition coefficient (Wildman–Crippen LogP) is 2.28. The smallest absolute Gasteiger partial charge is 0.132 e. The molecule has 0 fully saturated rings. The van der Waals surface area contributed by atoms with E-state index in [2.05, 4.69) is 36.9 Å². The van der Waals surface area contributed by atoms with Crippen LogP contribution in [0.15, 0.2) is 19.0 Å². The molecule has 0 spiro atoms. The third kappa shape index (κ3) is 1.50. The number of imidazole rings is 1. The second-order valence-corrected chi connectivity index (χ2v) is 3.53. The van der Waals surface area contributed by atoms with E-state index in [1.807, 2.05) is 6.20 Å². The molecule has 11 heavy (non-hydrogen) atoms. The van der Waals surface area contributed by atoms with Crippen LogP contribution >= 0.6 is 0 Å². The molecule has 0 saturated heterocycles. The Balaban J connectivity index is 3.12. The lowest BCUT2D eigenvalue weighted by Crippen LogP contribution is -2.21. The van der Waals surface area contributed by atoms with Crippen LogP contribution in [0, 0.1) is 0 Å². The fourth-order valence-corrected chi connectivity index (χ4v) is 1.03. The highest BCUT2D eigenvalue weighted by atomic mass is 15.1. The van der Waals surface area contributed by atoms with Crippen molar-refractivity contribution in [3.63, 3.8) is 0 Å². The van der Waals surface area contributed by atoms with Crippen molar-refractivity contribution >= 4 is 6.08 Å². The average Bonchev–Trinajstić information content (AvgIpc) is 2.31. The van der Waals surface area contributed by atoms with Crippen molar-refractivity contribution < 1.29 is 0 Å². The summed E-state index contributed by atoms with van der Waals surface area (Å²) < 4.78 is 2.10. The molecule has 0 aliphatic carbocycles. The van der Waals surface area contributed by atoms with E-state index in [0.29, 0.717) is 0 Å². The van der Waals surface area contributed by atoms with Gasteiger partial charge < -0.3 is 4.57 Å². The van der Waals surface area contributed by atoms with Crippen LogP contribution in [0.25, 0.3) is 6.08 Å². The summed E-state index contributed by atoms with van der Waals surface area (Å²) in [6.07, 6.45) is 5.53. The van der Waals surface area contributed by atoms with Crippen LogP contribution in [-0.4, -0.2) is 9.55 Å². The predicted molar refractivity (Wildman–Crippen MR) is 47.3 cm³/mol. The van der Waals surface area contributed by atoms with Gasteiger partial charge in [-0.05, 0) is 26.8 Å². The highest BCUT2D eigenvalue weighted by Gasteiger charge is 2.14. The molecule has 0 aliphatic heterocycles. The van der Waals surface area contributed by atoms with Gasteiger partial charge >= 0.3 is 0 Å². The Morgan fingerprint density at radius 3 is 2.55 bits per heavy atom. The first-order valence-electron chi connectivity index (χ1n) is 3.72. The molecule has 1 aromatic rings. The number of rotatable bonds is 1. The SMILES string of the molecule is C=Cc1nccn1C(C)(C)C. The van der Waals surface area contributed by atoms with Gasteiger partial charge in [-0.25, -0.2) is 4.98 Å². The van der Waals surface area contributed by atoms with Crippen molar-refractivity contribution in [3.05, 3.63) is 24.8 Å². The summed E-state index contributed by atoms with van der Waals surface area (Å²) in [6, 6.07) is 0. The Labute approximate surface area is 67.6 Å². The molecular formula is C9H14N2. The van der Waals surface area contributed by atoms with E-state index in [9.17, 15) is 0 Å². The quantitative estimate of drug-likeness (QED) is 0.600. The van der Waals surface area contributed by atoms with Gasteiger partial charge in [0.05, 0.1) is 0 Å². The molecule has 0 radical (unpaired) electrons. The van der Waals surface area contributed by atoms with Gasteiger partial charge in [-0.15, -0.1) is 0 Å². The Morgan fingerprint density at radius 1 is 1.55 bits per heavy atom. The van der Waals surface area contributed by atoms with E-state index in [-0.39, 0.29) is 5.54 Å². The number of hydrogen-bond donors (Lipinski definition) is 0. The number of aromatic nitrogens is 2. The molecule has 1 rings (SSSR count). The van der Waals surface area contributed by atoms with E-state index in [1.165, 1.54) is 0 Å². The molecule has 0 unspecified atom stereocenters.